The number of nitrogens with one attached hydrogen (secondary N) is 2. The highest BCUT2D eigenvalue weighted by Crippen LogP contribution is 2.30. The number of aromatic amines is 2. The van der Waals surface area contributed by atoms with Crippen molar-refractivity contribution in [2.24, 2.45) is 0 Å². The summed E-state index contributed by atoms with van der Waals surface area (Å²) in [6, 6.07) is 62.6. The minimum absolute atomic E-state index is 0.0307. The van der Waals surface area contributed by atoms with Gasteiger partial charge in [0.2, 0.25) is 0 Å². The quantitative estimate of drug-likeness (QED) is 0.0301. The molecule has 8 aromatic carbocycles. The van der Waals surface area contributed by atoms with Crippen LogP contribution in [-0.2, 0) is 13.1 Å². The molecule has 6 N–H and O–H groups in total. The van der Waals surface area contributed by atoms with Crippen LogP contribution in [0.2, 0.25) is 0 Å². The summed E-state index contributed by atoms with van der Waals surface area (Å²) in [5.41, 5.74) is 14.5. The molecule has 0 aliphatic carbocycles. The molecular weight excluding hydrogens is 877 g/mol. The van der Waals surface area contributed by atoms with Crippen LogP contribution in [0.1, 0.15) is 34.5 Å². The predicted molar refractivity (Wildman–Crippen MR) is 280 cm³/mol. The monoisotopic (exact) mass is 932 g/mol. The van der Waals surface area contributed by atoms with Crippen LogP contribution in [-0.4, -0.2) is 74.3 Å². The van der Waals surface area contributed by atoms with Crippen molar-refractivity contribution in [1.29, 1.82) is 0 Å². The summed E-state index contributed by atoms with van der Waals surface area (Å²) in [7, 11) is 0. The zero-order chi connectivity index (χ0) is 48.2. The smallest absolute Gasteiger partial charge is 0.269 e. The van der Waals surface area contributed by atoms with Crippen molar-refractivity contribution in [2.75, 3.05) is 45.1 Å². The maximum Gasteiger partial charge on any atom is 0.269 e. The highest BCUT2D eigenvalue weighted by molar-refractivity contribution is 6.08. The number of benzene rings is 8. The number of para-hydroxylation sites is 2. The van der Waals surface area contributed by atoms with Gasteiger partial charge in [-0.2, -0.15) is 0 Å². The fourth-order valence-corrected chi connectivity index (χ4v) is 8.90. The molecule has 0 aliphatic rings. The molecule has 12 nitrogen and oxygen atoms in total. The number of aromatic nitrogens is 2. The topological polar surface area (TPSA) is 166 Å². The van der Waals surface area contributed by atoms with Gasteiger partial charge in [0.25, 0.3) is 5.69 Å². The third-order valence-electron chi connectivity index (χ3n) is 12.4. The molecule has 2 aromatic heterocycles. The van der Waals surface area contributed by atoms with Crippen molar-refractivity contribution in [3.05, 3.63) is 226 Å². The van der Waals surface area contributed by atoms with Gasteiger partial charge < -0.3 is 35.4 Å². The number of aliphatic hydroxyl groups is 2. The molecule has 0 fully saturated rings. The first-order chi connectivity index (χ1) is 34.2. The Labute approximate surface area is 406 Å². The second-order valence-electron chi connectivity index (χ2n) is 17.4. The molecular formula is C58H56N6O6. The number of anilines is 1. The average molecular weight is 933 g/mol. The van der Waals surface area contributed by atoms with Crippen LogP contribution in [0.25, 0.3) is 43.6 Å². The molecule has 12 heteroatoms. The van der Waals surface area contributed by atoms with Gasteiger partial charge in [0.1, 0.15) is 24.7 Å². The third kappa shape index (κ3) is 12.0. The number of nitro groups is 1. The standard InChI is InChI=1S/C29H27N3O4.C29H29N3O2/c33-29(22-9-6-10-23(17-22)32(34)35)20-31(19-21-7-2-1-3-8-21)15-16-36-24-13-14-26-25-11-4-5-12-27(25)30-28(26)18-24;30-23-10-6-9-22(17-23)29(33)20-32(19-21-7-2-1-3-8-21)15-16-34-24-13-14-26-25-11-4-5-12-27(25)31-28(26)18-24/h1-14,17-18,29-30,33H,15-16,19-20H2;1-14,17-18,29,31,33H,15-16,19-20,30H2. The molecule has 2 atom stereocenters. The van der Waals surface area contributed by atoms with Gasteiger partial charge in [-0.25, -0.2) is 0 Å². The number of nitrogens with two attached hydrogens (primary N) is 1. The van der Waals surface area contributed by atoms with Crippen LogP contribution >= 0.6 is 0 Å². The maximum atomic E-state index is 11.1. The summed E-state index contributed by atoms with van der Waals surface area (Å²) in [6.07, 6.45) is -1.49. The lowest BCUT2D eigenvalue weighted by atomic mass is 10.1. The van der Waals surface area contributed by atoms with Crippen LogP contribution < -0.4 is 15.2 Å². The van der Waals surface area contributed by atoms with E-state index in [2.05, 4.69) is 80.4 Å². The van der Waals surface area contributed by atoms with E-state index >= 15 is 0 Å². The molecule has 0 amide bonds. The molecule has 10 aromatic rings. The molecule has 2 unspecified atom stereocenters. The van der Waals surface area contributed by atoms with E-state index in [0.717, 1.165) is 56.6 Å². The summed E-state index contributed by atoms with van der Waals surface area (Å²) in [5, 5.41) is 37.6. The minimum atomic E-state index is -0.865. The summed E-state index contributed by atoms with van der Waals surface area (Å²) in [5.74, 6) is 1.60. The van der Waals surface area contributed by atoms with E-state index in [1.807, 2.05) is 109 Å². The predicted octanol–water partition coefficient (Wildman–Crippen LogP) is 11.4. The summed E-state index contributed by atoms with van der Waals surface area (Å²) < 4.78 is 12.2. The lowest BCUT2D eigenvalue weighted by Crippen LogP contribution is -2.32. The summed E-state index contributed by atoms with van der Waals surface area (Å²) in [4.78, 5) is 21.9. The second kappa shape index (κ2) is 22.4. The molecule has 0 radical (unpaired) electrons. The molecule has 0 bridgehead atoms. The first kappa shape index (κ1) is 47.1. The Kier molecular flexibility index (Phi) is 15.1. The Balaban J connectivity index is 0.000000174. The molecule has 0 spiro atoms. The number of nitro benzene ring substituents is 1. The fourth-order valence-electron chi connectivity index (χ4n) is 8.90. The van der Waals surface area contributed by atoms with Crippen molar-refractivity contribution in [3.8, 4) is 11.5 Å². The molecule has 0 saturated heterocycles. The first-order valence-corrected chi connectivity index (χ1v) is 23.5. The second-order valence-corrected chi connectivity index (χ2v) is 17.4. The van der Waals surface area contributed by atoms with E-state index in [4.69, 9.17) is 15.2 Å². The van der Waals surface area contributed by atoms with Gasteiger partial charge in [-0.05, 0) is 70.8 Å². The highest BCUT2D eigenvalue weighted by Gasteiger charge is 2.18. The van der Waals surface area contributed by atoms with Gasteiger partial charge in [-0.3, -0.25) is 19.9 Å². The summed E-state index contributed by atoms with van der Waals surface area (Å²) in [6.45, 7) is 4.36. The lowest BCUT2D eigenvalue weighted by molar-refractivity contribution is -0.385. The fraction of sp³-hybridized carbons (Fsp3) is 0.172. The van der Waals surface area contributed by atoms with Crippen molar-refractivity contribution in [3.63, 3.8) is 0 Å². The Morgan fingerprint density at radius 3 is 1.43 bits per heavy atom. The highest BCUT2D eigenvalue weighted by atomic mass is 16.6. The van der Waals surface area contributed by atoms with Crippen LogP contribution in [0, 0.1) is 10.1 Å². The third-order valence-corrected chi connectivity index (χ3v) is 12.4. The normalized spacial score (nSPS) is 12.3. The maximum absolute atomic E-state index is 11.1. The van der Waals surface area contributed by atoms with Crippen LogP contribution in [0.3, 0.4) is 0 Å². The van der Waals surface area contributed by atoms with E-state index < -0.39 is 17.1 Å². The SMILES string of the molecule is Nc1cccc(C(O)CN(CCOc2ccc3c(c2)[nH]c2ccccc23)Cc2ccccc2)c1.O=[N+]([O-])c1cccc(C(O)CN(CCOc2ccc3c(c2)[nH]c2ccccc23)Cc2ccccc2)c1. The number of rotatable bonds is 19. The van der Waals surface area contributed by atoms with Crippen LogP contribution in [0.5, 0.6) is 11.5 Å². The van der Waals surface area contributed by atoms with Gasteiger partial charge in [-0.15, -0.1) is 0 Å². The van der Waals surface area contributed by atoms with E-state index in [9.17, 15) is 20.3 Å². The largest absolute Gasteiger partial charge is 0.492 e. The van der Waals surface area contributed by atoms with Crippen LogP contribution in [0.4, 0.5) is 11.4 Å². The minimum Gasteiger partial charge on any atom is -0.492 e. The van der Waals surface area contributed by atoms with E-state index in [1.165, 1.54) is 33.9 Å². The number of ether oxygens (including phenoxy) is 2. The number of fused-ring (bicyclic) bond motifs is 6. The van der Waals surface area contributed by atoms with E-state index in [-0.39, 0.29) is 5.69 Å². The number of H-pyrrole nitrogens is 2. The van der Waals surface area contributed by atoms with E-state index in [1.54, 1.807) is 12.1 Å². The zero-order valence-corrected chi connectivity index (χ0v) is 38.7. The Morgan fingerprint density at radius 1 is 0.500 bits per heavy atom. The van der Waals surface area contributed by atoms with Crippen molar-refractivity contribution in [1.82, 2.24) is 19.8 Å². The van der Waals surface area contributed by atoms with Gasteiger partial charge >= 0.3 is 0 Å². The average Bonchev–Trinajstić information content (AvgIpc) is 3.95. The molecule has 0 aliphatic heterocycles. The summed E-state index contributed by atoms with van der Waals surface area (Å²) >= 11 is 0. The molecule has 0 saturated carbocycles. The number of aliphatic hydroxyl groups excluding tert-OH is 2. The Hall–Kier alpha value is -8.00. The number of hydrogen-bond donors (Lipinski definition) is 5. The van der Waals surface area contributed by atoms with E-state index in [0.29, 0.717) is 57.2 Å². The lowest BCUT2D eigenvalue weighted by Gasteiger charge is -2.25. The van der Waals surface area contributed by atoms with Crippen LogP contribution in [0.15, 0.2) is 194 Å². The van der Waals surface area contributed by atoms with Crippen molar-refractivity contribution < 1.29 is 24.6 Å². The van der Waals surface area contributed by atoms with Gasteiger partial charge in [0.05, 0.1) is 28.2 Å². The first-order valence-electron chi connectivity index (χ1n) is 23.5. The number of nitrogens with zero attached hydrogens (tertiary/aromatic N) is 3. The van der Waals surface area contributed by atoms with Gasteiger partial charge in [0, 0.05) is 102 Å². The molecule has 354 valence electrons. The molecule has 10 rings (SSSR count). The number of nitrogen functional groups attached to an aromatic ring is 1. The van der Waals surface area contributed by atoms with Crippen molar-refractivity contribution in [2.45, 2.75) is 25.3 Å². The number of hydrogen-bond acceptors (Lipinski definition) is 9. The van der Waals surface area contributed by atoms with Crippen molar-refractivity contribution >= 4 is 55.0 Å². The Bertz CT molecular complexity index is 3300. The molecule has 70 heavy (non-hydrogen) atoms. The molecule has 2 heterocycles. The van der Waals surface area contributed by atoms with Gasteiger partial charge in [-0.1, -0.05) is 121 Å². The van der Waals surface area contributed by atoms with Gasteiger partial charge in [0.15, 0.2) is 0 Å². The number of non-ortho nitro benzene ring substituents is 1. The Morgan fingerprint density at radius 2 is 0.943 bits per heavy atom. The zero-order valence-electron chi connectivity index (χ0n) is 38.7.